The van der Waals surface area contributed by atoms with E-state index in [0.717, 1.165) is 11.4 Å². The molecule has 1 fully saturated rings. The van der Waals surface area contributed by atoms with Crippen molar-refractivity contribution in [1.82, 2.24) is 25.0 Å². The molecule has 138 valence electrons. The first-order chi connectivity index (χ1) is 12.6. The van der Waals surface area contributed by atoms with Crippen molar-refractivity contribution in [2.45, 2.75) is 32.2 Å². The van der Waals surface area contributed by atoms with Crippen molar-refractivity contribution in [2.24, 2.45) is 13.0 Å². The number of likely N-dealkylation sites (tertiary alicyclic amines) is 1. The maximum Gasteiger partial charge on any atom is 0.223 e. The maximum atomic E-state index is 12.4. The quantitative estimate of drug-likeness (QED) is 0.847. The van der Waals surface area contributed by atoms with E-state index in [2.05, 4.69) is 15.4 Å². The van der Waals surface area contributed by atoms with Gasteiger partial charge < -0.3 is 10.2 Å². The van der Waals surface area contributed by atoms with Gasteiger partial charge in [0, 0.05) is 50.6 Å². The normalized spacial score (nSPS) is 15.0. The summed E-state index contributed by atoms with van der Waals surface area (Å²) in [5.41, 5.74) is 1.91. The molecule has 1 aliphatic heterocycles. The zero-order chi connectivity index (χ0) is 18.4. The Balaban J connectivity index is 1.39. The largest absolute Gasteiger partial charge is 0.350 e. The molecule has 0 spiro atoms. The zero-order valence-corrected chi connectivity index (χ0v) is 15.1. The van der Waals surface area contributed by atoms with Crippen LogP contribution in [0.1, 0.15) is 30.7 Å². The first kappa shape index (κ1) is 18.1. The number of carbonyl (C=O) groups is 2. The van der Waals surface area contributed by atoms with Gasteiger partial charge in [0.05, 0.1) is 12.2 Å². The number of hydrogen-bond acceptors (Lipinski definition) is 4. The Hall–Kier alpha value is -2.70. The average Bonchev–Trinajstić information content (AvgIpc) is 3.10. The lowest BCUT2D eigenvalue weighted by Gasteiger charge is -2.31. The molecule has 26 heavy (non-hydrogen) atoms. The standard InChI is InChI=1S/C19H25N5O2/c1-23-17(7-11-22-23)5-6-18(25)24-12-8-15(9-13-24)19(26)21-14-16-4-2-3-10-20-16/h2-4,7,10-11,15H,5-6,8-9,12-14H2,1H3,(H,21,26). The van der Waals surface area contributed by atoms with Crippen LogP contribution in [0.2, 0.25) is 0 Å². The van der Waals surface area contributed by atoms with E-state index in [-0.39, 0.29) is 17.7 Å². The Morgan fingerprint density at radius 2 is 2.00 bits per heavy atom. The van der Waals surface area contributed by atoms with Gasteiger partial charge in [-0.25, -0.2) is 0 Å². The van der Waals surface area contributed by atoms with Gasteiger partial charge in [-0.1, -0.05) is 6.07 Å². The number of aryl methyl sites for hydroxylation is 2. The molecule has 1 aliphatic rings. The van der Waals surface area contributed by atoms with E-state index in [1.54, 1.807) is 17.1 Å². The average molecular weight is 355 g/mol. The van der Waals surface area contributed by atoms with Crippen molar-refractivity contribution in [3.8, 4) is 0 Å². The molecule has 0 saturated carbocycles. The van der Waals surface area contributed by atoms with Crippen LogP contribution in [0.4, 0.5) is 0 Å². The lowest BCUT2D eigenvalue weighted by Crippen LogP contribution is -2.43. The van der Waals surface area contributed by atoms with Crippen LogP contribution in [0.5, 0.6) is 0 Å². The molecule has 2 amide bonds. The van der Waals surface area contributed by atoms with Gasteiger partial charge in [0.25, 0.3) is 0 Å². The maximum absolute atomic E-state index is 12.4. The molecule has 0 bridgehead atoms. The molecule has 2 aromatic rings. The first-order valence-electron chi connectivity index (χ1n) is 9.06. The van der Waals surface area contributed by atoms with E-state index in [1.165, 1.54) is 0 Å². The second kappa shape index (κ2) is 8.60. The molecule has 3 rings (SSSR count). The molecule has 1 saturated heterocycles. The Morgan fingerprint density at radius 1 is 1.19 bits per heavy atom. The molecule has 0 atom stereocenters. The van der Waals surface area contributed by atoms with Gasteiger partial charge in [-0.05, 0) is 37.5 Å². The van der Waals surface area contributed by atoms with Crippen molar-refractivity contribution in [2.75, 3.05) is 13.1 Å². The molecule has 0 unspecified atom stereocenters. The Morgan fingerprint density at radius 3 is 2.65 bits per heavy atom. The minimum Gasteiger partial charge on any atom is -0.350 e. The predicted octanol–water partition coefficient (Wildman–Crippen LogP) is 1.30. The summed E-state index contributed by atoms with van der Waals surface area (Å²) < 4.78 is 1.80. The van der Waals surface area contributed by atoms with Crippen molar-refractivity contribution in [1.29, 1.82) is 0 Å². The van der Waals surface area contributed by atoms with Crippen LogP contribution < -0.4 is 5.32 Å². The van der Waals surface area contributed by atoms with Gasteiger partial charge in [-0.2, -0.15) is 5.10 Å². The van der Waals surface area contributed by atoms with Gasteiger partial charge in [0.2, 0.25) is 11.8 Å². The number of pyridine rings is 1. The van der Waals surface area contributed by atoms with Crippen molar-refractivity contribution < 1.29 is 9.59 Å². The van der Waals surface area contributed by atoms with Crippen LogP contribution in [0, 0.1) is 5.92 Å². The zero-order valence-electron chi connectivity index (χ0n) is 15.1. The molecule has 0 aromatic carbocycles. The summed E-state index contributed by atoms with van der Waals surface area (Å²) in [4.78, 5) is 30.8. The van der Waals surface area contributed by atoms with Crippen LogP contribution in [0.15, 0.2) is 36.7 Å². The fraction of sp³-hybridized carbons (Fsp3) is 0.474. The summed E-state index contributed by atoms with van der Waals surface area (Å²) in [5, 5.41) is 7.07. The second-order valence-electron chi connectivity index (χ2n) is 6.64. The molecule has 0 aliphatic carbocycles. The third-order valence-electron chi connectivity index (χ3n) is 4.91. The summed E-state index contributed by atoms with van der Waals surface area (Å²) in [6.07, 6.45) is 6.07. The number of rotatable bonds is 6. The third kappa shape index (κ3) is 4.68. The highest BCUT2D eigenvalue weighted by molar-refractivity contribution is 5.80. The summed E-state index contributed by atoms with van der Waals surface area (Å²) >= 11 is 0. The number of piperidine rings is 1. The lowest BCUT2D eigenvalue weighted by molar-refractivity contribution is -0.135. The molecule has 7 nitrogen and oxygen atoms in total. The molecule has 1 N–H and O–H groups in total. The topological polar surface area (TPSA) is 80.1 Å². The van der Waals surface area contributed by atoms with E-state index in [0.29, 0.717) is 45.3 Å². The summed E-state index contributed by atoms with van der Waals surface area (Å²) in [5.74, 6) is 0.177. The van der Waals surface area contributed by atoms with Crippen molar-refractivity contribution in [3.63, 3.8) is 0 Å². The molecule has 3 heterocycles. The monoisotopic (exact) mass is 355 g/mol. The van der Waals surface area contributed by atoms with Crippen LogP contribution in [0.25, 0.3) is 0 Å². The molecular weight excluding hydrogens is 330 g/mol. The number of carbonyl (C=O) groups excluding carboxylic acids is 2. The summed E-state index contributed by atoms with van der Waals surface area (Å²) in [6, 6.07) is 7.59. The highest BCUT2D eigenvalue weighted by Crippen LogP contribution is 2.18. The van der Waals surface area contributed by atoms with Gasteiger partial charge >= 0.3 is 0 Å². The van der Waals surface area contributed by atoms with E-state index >= 15 is 0 Å². The van der Waals surface area contributed by atoms with Gasteiger partial charge in [0.15, 0.2) is 0 Å². The second-order valence-corrected chi connectivity index (χ2v) is 6.64. The molecule has 7 heteroatoms. The van der Waals surface area contributed by atoms with E-state index < -0.39 is 0 Å². The Bertz CT molecular complexity index is 735. The minimum absolute atomic E-state index is 0.0279. The lowest BCUT2D eigenvalue weighted by atomic mass is 9.95. The first-order valence-corrected chi connectivity index (χ1v) is 9.06. The number of amides is 2. The number of nitrogens with zero attached hydrogens (tertiary/aromatic N) is 4. The summed E-state index contributed by atoms with van der Waals surface area (Å²) in [6.45, 7) is 1.74. The van der Waals surface area contributed by atoms with Crippen LogP contribution in [-0.2, 0) is 29.6 Å². The van der Waals surface area contributed by atoms with Gasteiger partial charge in [0.1, 0.15) is 0 Å². The number of nitrogens with one attached hydrogen (secondary N) is 1. The highest BCUT2D eigenvalue weighted by atomic mass is 16.2. The third-order valence-corrected chi connectivity index (χ3v) is 4.91. The molecular formula is C19H25N5O2. The number of aromatic nitrogens is 3. The Kier molecular flexibility index (Phi) is 5.99. The smallest absolute Gasteiger partial charge is 0.223 e. The van der Waals surface area contributed by atoms with Gasteiger partial charge in [-0.15, -0.1) is 0 Å². The SMILES string of the molecule is Cn1nccc1CCC(=O)N1CCC(C(=O)NCc2ccccn2)CC1. The molecule has 2 aromatic heterocycles. The van der Waals surface area contributed by atoms with E-state index in [9.17, 15) is 9.59 Å². The van der Waals surface area contributed by atoms with E-state index in [4.69, 9.17) is 0 Å². The van der Waals surface area contributed by atoms with E-state index in [1.807, 2.05) is 36.2 Å². The van der Waals surface area contributed by atoms with Gasteiger partial charge in [-0.3, -0.25) is 19.3 Å². The Labute approximate surface area is 153 Å². The highest BCUT2D eigenvalue weighted by Gasteiger charge is 2.27. The fourth-order valence-electron chi connectivity index (χ4n) is 3.26. The van der Waals surface area contributed by atoms with Crippen molar-refractivity contribution in [3.05, 3.63) is 48.0 Å². The van der Waals surface area contributed by atoms with Crippen molar-refractivity contribution >= 4 is 11.8 Å². The van der Waals surface area contributed by atoms with Crippen LogP contribution in [-0.4, -0.2) is 44.6 Å². The minimum atomic E-state index is -0.0279. The molecule has 0 radical (unpaired) electrons. The van der Waals surface area contributed by atoms with Crippen LogP contribution in [0.3, 0.4) is 0 Å². The van der Waals surface area contributed by atoms with Crippen LogP contribution >= 0.6 is 0 Å². The number of hydrogen-bond donors (Lipinski definition) is 1. The fourth-order valence-corrected chi connectivity index (χ4v) is 3.26. The summed E-state index contributed by atoms with van der Waals surface area (Å²) in [7, 11) is 1.88. The predicted molar refractivity (Wildman–Crippen MR) is 96.9 cm³/mol.